The van der Waals surface area contributed by atoms with Gasteiger partial charge in [-0.3, -0.25) is 4.79 Å². The van der Waals surface area contributed by atoms with Crippen molar-refractivity contribution < 1.29 is 4.79 Å². The predicted molar refractivity (Wildman–Crippen MR) is 90.9 cm³/mol. The molecular weight excluding hydrogens is 286 g/mol. The summed E-state index contributed by atoms with van der Waals surface area (Å²) >= 11 is 0. The number of amides is 1. The first-order valence-corrected chi connectivity index (χ1v) is 7.70. The van der Waals surface area contributed by atoms with Gasteiger partial charge in [-0.1, -0.05) is 36.4 Å². The zero-order valence-electron chi connectivity index (χ0n) is 13.3. The van der Waals surface area contributed by atoms with Gasteiger partial charge in [0, 0.05) is 18.7 Å². The van der Waals surface area contributed by atoms with Gasteiger partial charge in [-0.25, -0.2) is 0 Å². The smallest absolute Gasteiger partial charge is 0.251 e. The molecule has 0 radical (unpaired) electrons. The van der Waals surface area contributed by atoms with Gasteiger partial charge in [0.15, 0.2) is 0 Å². The number of rotatable bonds is 7. The molecule has 0 spiro atoms. The highest BCUT2D eigenvalue weighted by atomic mass is 16.1. The van der Waals surface area contributed by atoms with Gasteiger partial charge >= 0.3 is 0 Å². The van der Waals surface area contributed by atoms with E-state index >= 15 is 0 Å². The first-order chi connectivity index (χ1) is 11.2. The van der Waals surface area contributed by atoms with Gasteiger partial charge < -0.3 is 10.2 Å². The van der Waals surface area contributed by atoms with Gasteiger partial charge in [0.1, 0.15) is 0 Å². The molecule has 0 atom stereocenters. The third kappa shape index (κ3) is 5.57. The quantitative estimate of drug-likeness (QED) is 0.800. The number of hydrogen-bond donors (Lipinski definition) is 1. The minimum Gasteiger partial charge on any atom is -0.352 e. The molecule has 0 saturated heterocycles. The lowest BCUT2D eigenvalue weighted by atomic mass is 10.1. The lowest BCUT2D eigenvalue weighted by Gasteiger charge is -2.16. The second-order valence-corrected chi connectivity index (χ2v) is 5.53. The zero-order chi connectivity index (χ0) is 16.5. The van der Waals surface area contributed by atoms with Crippen LogP contribution >= 0.6 is 0 Å². The van der Waals surface area contributed by atoms with Gasteiger partial charge in [0.2, 0.25) is 0 Å². The van der Waals surface area contributed by atoms with Crippen molar-refractivity contribution in [2.75, 3.05) is 20.1 Å². The van der Waals surface area contributed by atoms with Crippen LogP contribution in [-0.2, 0) is 6.54 Å². The molecule has 0 unspecified atom stereocenters. The fourth-order valence-electron chi connectivity index (χ4n) is 2.36. The number of carbonyl (C=O) groups excluding carboxylic acids is 1. The van der Waals surface area contributed by atoms with E-state index < -0.39 is 0 Å². The maximum atomic E-state index is 12.0. The summed E-state index contributed by atoms with van der Waals surface area (Å²) in [7, 11) is 2.07. The lowest BCUT2D eigenvalue weighted by molar-refractivity contribution is 0.0952. The molecule has 0 aliphatic carbocycles. The van der Waals surface area contributed by atoms with Crippen LogP contribution in [0.2, 0.25) is 0 Å². The van der Waals surface area contributed by atoms with Crippen molar-refractivity contribution in [1.29, 1.82) is 5.26 Å². The van der Waals surface area contributed by atoms with Crippen LogP contribution in [0, 0.1) is 11.3 Å². The van der Waals surface area contributed by atoms with Crippen LogP contribution in [0.3, 0.4) is 0 Å². The van der Waals surface area contributed by atoms with Crippen LogP contribution in [0.1, 0.15) is 27.9 Å². The molecule has 118 valence electrons. The summed E-state index contributed by atoms with van der Waals surface area (Å²) in [6.07, 6.45) is 0.882. The summed E-state index contributed by atoms with van der Waals surface area (Å²) < 4.78 is 0. The summed E-state index contributed by atoms with van der Waals surface area (Å²) in [6.45, 7) is 2.43. The first kappa shape index (κ1) is 16.7. The number of carbonyl (C=O) groups is 1. The molecule has 0 saturated carbocycles. The Labute approximate surface area is 137 Å². The SMILES string of the molecule is CN(CCCNC(=O)c1cccc(C#N)c1)Cc1ccccc1. The van der Waals surface area contributed by atoms with Crippen LogP contribution in [0.5, 0.6) is 0 Å². The third-order valence-electron chi connectivity index (χ3n) is 3.55. The van der Waals surface area contributed by atoms with Crippen LogP contribution in [0.4, 0.5) is 0 Å². The number of nitrogens with zero attached hydrogens (tertiary/aromatic N) is 2. The average Bonchev–Trinajstić information content (AvgIpc) is 2.59. The van der Waals surface area contributed by atoms with Gasteiger partial charge in [-0.15, -0.1) is 0 Å². The van der Waals surface area contributed by atoms with Crippen LogP contribution in [-0.4, -0.2) is 30.9 Å². The Morgan fingerprint density at radius 3 is 2.70 bits per heavy atom. The Morgan fingerprint density at radius 2 is 1.96 bits per heavy atom. The number of hydrogen-bond acceptors (Lipinski definition) is 3. The van der Waals surface area contributed by atoms with E-state index in [1.54, 1.807) is 24.3 Å². The van der Waals surface area contributed by atoms with E-state index in [0.717, 1.165) is 19.5 Å². The van der Waals surface area contributed by atoms with Crippen LogP contribution in [0.15, 0.2) is 54.6 Å². The second-order valence-electron chi connectivity index (χ2n) is 5.53. The highest BCUT2D eigenvalue weighted by Gasteiger charge is 2.06. The molecule has 1 N–H and O–H groups in total. The summed E-state index contributed by atoms with van der Waals surface area (Å²) in [6, 6.07) is 19.1. The molecule has 23 heavy (non-hydrogen) atoms. The average molecular weight is 307 g/mol. The third-order valence-corrected chi connectivity index (χ3v) is 3.55. The van der Waals surface area contributed by atoms with Crippen molar-refractivity contribution in [3.05, 3.63) is 71.3 Å². The van der Waals surface area contributed by atoms with E-state index in [2.05, 4.69) is 29.4 Å². The Hall–Kier alpha value is -2.64. The summed E-state index contributed by atoms with van der Waals surface area (Å²) in [4.78, 5) is 14.2. The number of nitriles is 1. The Kier molecular flexibility index (Phi) is 6.34. The lowest BCUT2D eigenvalue weighted by Crippen LogP contribution is -2.28. The predicted octanol–water partition coefficient (Wildman–Crippen LogP) is 2.81. The Bertz CT molecular complexity index is 677. The molecule has 0 aromatic heterocycles. The fraction of sp³-hybridized carbons (Fsp3) is 0.263. The second kappa shape index (κ2) is 8.72. The molecule has 2 aromatic rings. The van der Waals surface area contributed by atoms with Crippen molar-refractivity contribution in [3.8, 4) is 6.07 Å². The Morgan fingerprint density at radius 1 is 1.17 bits per heavy atom. The topological polar surface area (TPSA) is 56.1 Å². The summed E-state index contributed by atoms with van der Waals surface area (Å²) in [5.41, 5.74) is 2.31. The minimum atomic E-state index is -0.132. The van der Waals surface area contributed by atoms with Crippen molar-refractivity contribution in [2.24, 2.45) is 0 Å². The molecule has 4 heteroatoms. The van der Waals surface area contributed by atoms with Gasteiger partial charge in [0.05, 0.1) is 11.6 Å². The molecule has 0 bridgehead atoms. The molecule has 0 fully saturated rings. The van der Waals surface area contributed by atoms with Crippen molar-refractivity contribution in [2.45, 2.75) is 13.0 Å². The van der Waals surface area contributed by atoms with E-state index in [9.17, 15) is 4.79 Å². The molecule has 1 amide bonds. The van der Waals surface area contributed by atoms with E-state index in [4.69, 9.17) is 5.26 Å². The number of benzene rings is 2. The van der Waals surface area contributed by atoms with Crippen LogP contribution in [0.25, 0.3) is 0 Å². The van der Waals surface area contributed by atoms with E-state index in [1.165, 1.54) is 5.56 Å². The number of nitrogens with one attached hydrogen (secondary N) is 1. The highest BCUT2D eigenvalue weighted by molar-refractivity contribution is 5.94. The van der Waals surface area contributed by atoms with Crippen molar-refractivity contribution in [3.63, 3.8) is 0 Å². The van der Waals surface area contributed by atoms with Crippen molar-refractivity contribution in [1.82, 2.24) is 10.2 Å². The monoisotopic (exact) mass is 307 g/mol. The molecule has 0 heterocycles. The van der Waals surface area contributed by atoms with Crippen LogP contribution < -0.4 is 5.32 Å². The summed E-state index contributed by atoms with van der Waals surface area (Å²) in [5, 5.41) is 11.7. The largest absolute Gasteiger partial charge is 0.352 e. The highest BCUT2D eigenvalue weighted by Crippen LogP contribution is 2.05. The Balaban J connectivity index is 1.70. The maximum absolute atomic E-state index is 12.0. The first-order valence-electron chi connectivity index (χ1n) is 7.70. The zero-order valence-corrected chi connectivity index (χ0v) is 13.3. The van der Waals surface area contributed by atoms with E-state index in [-0.39, 0.29) is 5.91 Å². The molecule has 2 aromatic carbocycles. The van der Waals surface area contributed by atoms with Crippen molar-refractivity contribution >= 4 is 5.91 Å². The minimum absolute atomic E-state index is 0.132. The fourth-order valence-corrected chi connectivity index (χ4v) is 2.36. The van der Waals surface area contributed by atoms with E-state index in [1.807, 2.05) is 24.3 Å². The molecule has 0 aliphatic rings. The maximum Gasteiger partial charge on any atom is 0.251 e. The molecule has 4 nitrogen and oxygen atoms in total. The normalized spacial score (nSPS) is 10.3. The summed E-state index contributed by atoms with van der Waals surface area (Å²) in [5.74, 6) is -0.132. The molecule has 0 aliphatic heterocycles. The van der Waals surface area contributed by atoms with Gasteiger partial charge in [-0.2, -0.15) is 5.26 Å². The van der Waals surface area contributed by atoms with E-state index in [0.29, 0.717) is 17.7 Å². The van der Waals surface area contributed by atoms with Gasteiger partial charge in [-0.05, 0) is 43.8 Å². The molecular formula is C19H21N3O. The standard InChI is InChI=1S/C19H21N3O/c1-22(15-16-7-3-2-4-8-16)12-6-11-21-19(23)18-10-5-9-17(13-18)14-20/h2-5,7-10,13H,6,11-12,15H2,1H3,(H,21,23). The van der Waals surface area contributed by atoms with Gasteiger partial charge in [0.25, 0.3) is 5.91 Å². The molecule has 2 rings (SSSR count).